The van der Waals surface area contributed by atoms with Gasteiger partial charge in [-0.3, -0.25) is 9.59 Å². The minimum absolute atomic E-state index is 0.0955. The Labute approximate surface area is 127 Å². The lowest BCUT2D eigenvalue weighted by molar-refractivity contribution is -0.134. The van der Waals surface area contributed by atoms with Crippen molar-refractivity contribution in [1.29, 1.82) is 0 Å². The molecule has 0 saturated carbocycles. The highest BCUT2D eigenvalue weighted by molar-refractivity contribution is 5.94. The molecule has 1 N–H and O–H groups in total. The molecule has 2 rings (SSSR count). The van der Waals surface area contributed by atoms with Crippen LogP contribution in [0, 0.1) is 11.6 Å². The molecule has 22 heavy (non-hydrogen) atoms. The van der Waals surface area contributed by atoms with Crippen LogP contribution in [0.4, 0.5) is 14.5 Å². The molecular formula is C15H18F2N2O3. The molecule has 0 bridgehead atoms. The minimum atomic E-state index is -0.859. The van der Waals surface area contributed by atoms with Crippen LogP contribution in [-0.2, 0) is 14.3 Å². The molecule has 2 amide bonds. The van der Waals surface area contributed by atoms with Crippen LogP contribution in [0.25, 0.3) is 0 Å². The summed E-state index contributed by atoms with van der Waals surface area (Å²) in [5.41, 5.74) is -0.506. The number of hydrogen-bond donors (Lipinski definition) is 1. The smallest absolute Gasteiger partial charge is 0.244 e. The number of amides is 2. The topological polar surface area (TPSA) is 58.6 Å². The number of anilines is 1. The van der Waals surface area contributed by atoms with Gasteiger partial charge < -0.3 is 15.0 Å². The van der Waals surface area contributed by atoms with Gasteiger partial charge in [-0.1, -0.05) is 6.07 Å². The first-order chi connectivity index (χ1) is 10.5. The Hall–Kier alpha value is -2.02. The highest BCUT2D eigenvalue weighted by Gasteiger charge is 2.23. The van der Waals surface area contributed by atoms with E-state index in [4.69, 9.17) is 4.74 Å². The van der Waals surface area contributed by atoms with Gasteiger partial charge in [0, 0.05) is 20.1 Å². The number of carbonyl (C=O) groups excluding carboxylic acids is 2. The lowest BCUT2D eigenvalue weighted by Gasteiger charge is -2.23. The van der Waals surface area contributed by atoms with E-state index in [1.807, 2.05) is 0 Å². The van der Waals surface area contributed by atoms with E-state index in [9.17, 15) is 18.4 Å². The second kappa shape index (κ2) is 7.31. The Morgan fingerprint density at radius 3 is 2.59 bits per heavy atom. The molecular weight excluding hydrogens is 294 g/mol. The van der Waals surface area contributed by atoms with E-state index in [1.165, 1.54) is 17.9 Å². The highest BCUT2D eigenvalue weighted by Crippen LogP contribution is 2.18. The molecule has 7 heteroatoms. The van der Waals surface area contributed by atoms with Crippen LogP contribution < -0.4 is 5.32 Å². The van der Waals surface area contributed by atoms with E-state index in [0.29, 0.717) is 13.2 Å². The van der Waals surface area contributed by atoms with Gasteiger partial charge in [0.25, 0.3) is 0 Å². The van der Waals surface area contributed by atoms with Crippen molar-refractivity contribution in [3.8, 4) is 0 Å². The Morgan fingerprint density at radius 2 is 2.05 bits per heavy atom. The normalized spacial score (nSPS) is 17.3. The fourth-order valence-electron chi connectivity index (χ4n) is 2.31. The summed E-state index contributed by atoms with van der Waals surface area (Å²) < 4.78 is 32.4. The van der Waals surface area contributed by atoms with Gasteiger partial charge in [-0.05, 0) is 25.0 Å². The van der Waals surface area contributed by atoms with Crippen LogP contribution in [0.1, 0.15) is 19.8 Å². The predicted octanol–water partition coefficient (Wildman–Crippen LogP) is 1.93. The minimum Gasteiger partial charge on any atom is -0.376 e. The quantitative estimate of drug-likeness (QED) is 0.904. The Bertz CT molecular complexity index is 539. The van der Waals surface area contributed by atoms with E-state index in [2.05, 4.69) is 5.32 Å². The molecule has 0 aliphatic carbocycles. The van der Waals surface area contributed by atoms with Crippen molar-refractivity contribution >= 4 is 17.5 Å². The zero-order valence-corrected chi connectivity index (χ0v) is 12.3. The average Bonchev–Trinajstić information content (AvgIpc) is 2.95. The van der Waals surface area contributed by atoms with Crippen molar-refractivity contribution in [2.75, 3.05) is 25.0 Å². The number of hydrogen-bond acceptors (Lipinski definition) is 3. The van der Waals surface area contributed by atoms with E-state index in [1.54, 1.807) is 0 Å². The largest absolute Gasteiger partial charge is 0.376 e. The van der Waals surface area contributed by atoms with Crippen molar-refractivity contribution in [2.45, 2.75) is 25.9 Å². The number of carbonyl (C=O) groups is 2. The first-order valence-electron chi connectivity index (χ1n) is 7.08. The third-order valence-electron chi connectivity index (χ3n) is 3.45. The number of rotatable bonds is 5. The maximum absolute atomic E-state index is 13.5. The fraction of sp³-hybridized carbons (Fsp3) is 0.467. The Balaban J connectivity index is 1.97. The summed E-state index contributed by atoms with van der Waals surface area (Å²) in [6.45, 7) is 2.00. The number of para-hydroxylation sites is 1. The van der Waals surface area contributed by atoms with Crippen LogP contribution in [0.2, 0.25) is 0 Å². The van der Waals surface area contributed by atoms with E-state index >= 15 is 0 Å². The van der Waals surface area contributed by atoms with Gasteiger partial charge in [0.05, 0.1) is 12.6 Å². The summed E-state index contributed by atoms with van der Waals surface area (Å²) in [5, 5.41) is 2.17. The molecule has 1 fully saturated rings. The summed E-state index contributed by atoms with van der Waals surface area (Å²) in [6.07, 6.45) is 1.65. The van der Waals surface area contributed by atoms with Gasteiger partial charge >= 0.3 is 0 Å². The predicted molar refractivity (Wildman–Crippen MR) is 76.2 cm³/mol. The van der Waals surface area contributed by atoms with Crippen molar-refractivity contribution in [3.63, 3.8) is 0 Å². The van der Waals surface area contributed by atoms with E-state index in [0.717, 1.165) is 25.0 Å². The van der Waals surface area contributed by atoms with Gasteiger partial charge in [0.1, 0.15) is 17.3 Å². The van der Waals surface area contributed by atoms with Crippen LogP contribution in [0.15, 0.2) is 18.2 Å². The Morgan fingerprint density at radius 1 is 1.36 bits per heavy atom. The molecule has 0 spiro atoms. The number of nitrogens with one attached hydrogen (secondary N) is 1. The summed E-state index contributed by atoms with van der Waals surface area (Å²) in [4.78, 5) is 24.8. The summed E-state index contributed by atoms with van der Waals surface area (Å²) in [5.74, 6) is -2.67. The van der Waals surface area contributed by atoms with Gasteiger partial charge in [-0.2, -0.15) is 0 Å². The third kappa shape index (κ3) is 4.24. The zero-order valence-electron chi connectivity index (χ0n) is 12.3. The second-order valence-electron chi connectivity index (χ2n) is 5.18. The molecule has 1 unspecified atom stereocenters. The molecule has 120 valence electrons. The van der Waals surface area contributed by atoms with Crippen LogP contribution in [0.3, 0.4) is 0 Å². The molecule has 1 aliphatic heterocycles. The van der Waals surface area contributed by atoms with Gasteiger partial charge in [0.15, 0.2) is 0 Å². The van der Waals surface area contributed by atoms with Crippen molar-refractivity contribution in [2.24, 2.45) is 0 Å². The van der Waals surface area contributed by atoms with Crippen LogP contribution >= 0.6 is 0 Å². The SMILES string of the molecule is CC(=O)N(CC(=O)Nc1c(F)cccc1F)CC1CCCO1. The molecule has 1 heterocycles. The first-order valence-corrected chi connectivity index (χ1v) is 7.08. The lowest BCUT2D eigenvalue weighted by atomic mass is 10.2. The number of nitrogens with zero attached hydrogens (tertiary/aromatic N) is 1. The van der Waals surface area contributed by atoms with Crippen LogP contribution in [0.5, 0.6) is 0 Å². The van der Waals surface area contributed by atoms with Crippen LogP contribution in [-0.4, -0.2) is 42.5 Å². The highest BCUT2D eigenvalue weighted by atomic mass is 19.1. The molecule has 0 aromatic heterocycles. The lowest BCUT2D eigenvalue weighted by Crippen LogP contribution is -2.41. The van der Waals surface area contributed by atoms with E-state index < -0.39 is 23.2 Å². The van der Waals surface area contributed by atoms with Gasteiger partial charge in [0.2, 0.25) is 11.8 Å². The molecule has 0 radical (unpaired) electrons. The molecule has 1 aromatic carbocycles. The molecule has 1 saturated heterocycles. The Kier molecular flexibility index (Phi) is 5.43. The molecule has 1 aliphatic rings. The number of halogens is 2. The fourth-order valence-corrected chi connectivity index (χ4v) is 2.31. The monoisotopic (exact) mass is 312 g/mol. The number of ether oxygens (including phenoxy) is 1. The zero-order chi connectivity index (χ0) is 16.1. The second-order valence-corrected chi connectivity index (χ2v) is 5.18. The molecule has 1 atom stereocenters. The van der Waals surface area contributed by atoms with Gasteiger partial charge in [-0.25, -0.2) is 8.78 Å². The van der Waals surface area contributed by atoms with Crippen molar-refractivity contribution < 1.29 is 23.1 Å². The van der Waals surface area contributed by atoms with Crippen molar-refractivity contribution in [3.05, 3.63) is 29.8 Å². The maximum Gasteiger partial charge on any atom is 0.244 e. The van der Waals surface area contributed by atoms with Crippen molar-refractivity contribution in [1.82, 2.24) is 4.90 Å². The summed E-state index contributed by atoms with van der Waals surface area (Å²) in [6, 6.07) is 3.31. The van der Waals surface area contributed by atoms with E-state index in [-0.39, 0.29) is 18.6 Å². The standard InChI is InChI=1S/C15H18F2N2O3/c1-10(20)19(8-11-4-3-7-22-11)9-14(21)18-15-12(16)5-2-6-13(15)17/h2,5-6,11H,3-4,7-9H2,1H3,(H,18,21). The number of benzene rings is 1. The molecule has 5 nitrogen and oxygen atoms in total. The third-order valence-corrected chi connectivity index (χ3v) is 3.45. The summed E-state index contributed by atoms with van der Waals surface area (Å²) in [7, 11) is 0. The average molecular weight is 312 g/mol. The van der Waals surface area contributed by atoms with Gasteiger partial charge in [-0.15, -0.1) is 0 Å². The first kappa shape index (κ1) is 16.4. The maximum atomic E-state index is 13.5. The summed E-state index contributed by atoms with van der Waals surface area (Å²) >= 11 is 0. The molecule has 1 aromatic rings.